The van der Waals surface area contributed by atoms with Crippen LogP contribution >= 0.6 is 29.3 Å². The van der Waals surface area contributed by atoms with E-state index < -0.39 is 14.5 Å². The van der Waals surface area contributed by atoms with Crippen LogP contribution in [-0.2, 0) is 13.3 Å². The van der Waals surface area contributed by atoms with Gasteiger partial charge in [0.25, 0.3) is 0 Å². The first-order chi connectivity index (χ1) is 8.39. The van der Waals surface area contributed by atoms with Crippen LogP contribution in [0.3, 0.4) is 0 Å². The maximum absolute atomic E-state index is 5.82. The van der Waals surface area contributed by atoms with Crippen molar-refractivity contribution in [2.24, 2.45) is 0 Å². The predicted molar refractivity (Wildman–Crippen MR) is 91.7 cm³/mol. The molecule has 0 atom stereocenters. The van der Waals surface area contributed by atoms with Gasteiger partial charge in [0.2, 0.25) is 0 Å². The zero-order valence-corrected chi connectivity index (χ0v) is 16.0. The maximum atomic E-state index is 5.82. The van der Waals surface area contributed by atoms with Gasteiger partial charge in [0.1, 0.15) is 0 Å². The van der Waals surface area contributed by atoms with Crippen molar-refractivity contribution in [3.63, 3.8) is 0 Å². The van der Waals surface area contributed by atoms with Gasteiger partial charge in [-0.15, -0.1) is 0 Å². The SMILES string of the molecule is CCO[Si](CCCS[PH](C)(C)S)(OCC)OCC. The first-order valence-corrected chi connectivity index (χ1v) is 14.6. The summed E-state index contributed by atoms with van der Waals surface area (Å²) in [5.41, 5.74) is -1.30. The van der Waals surface area contributed by atoms with Crippen molar-refractivity contribution >= 4 is 38.1 Å². The average molecular weight is 333 g/mol. The van der Waals surface area contributed by atoms with Gasteiger partial charge in [-0.05, 0) is 0 Å². The zero-order chi connectivity index (χ0) is 14.1. The van der Waals surface area contributed by atoms with Gasteiger partial charge in [-0.3, -0.25) is 0 Å². The van der Waals surface area contributed by atoms with Crippen molar-refractivity contribution in [1.82, 2.24) is 0 Å². The summed E-state index contributed by atoms with van der Waals surface area (Å²) in [4.78, 5) is 0. The van der Waals surface area contributed by atoms with Crippen LogP contribution in [0.15, 0.2) is 0 Å². The van der Waals surface area contributed by atoms with E-state index in [1.165, 1.54) is 0 Å². The molecule has 0 saturated heterocycles. The van der Waals surface area contributed by atoms with E-state index in [9.17, 15) is 0 Å². The van der Waals surface area contributed by atoms with Crippen LogP contribution in [0.25, 0.3) is 0 Å². The van der Waals surface area contributed by atoms with Gasteiger partial charge in [0.05, 0.1) is 0 Å². The van der Waals surface area contributed by atoms with Crippen LogP contribution in [0.1, 0.15) is 27.2 Å². The molecule has 7 heteroatoms. The van der Waals surface area contributed by atoms with Crippen molar-refractivity contribution in [2.75, 3.05) is 38.9 Å². The van der Waals surface area contributed by atoms with Gasteiger partial charge in [0.15, 0.2) is 0 Å². The fourth-order valence-electron chi connectivity index (χ4n) is 1.61. The molecule has 0 radical (unpaired) electrons. The molecule has 0 rings (SSSR count). The van der Waals surface area contributed by atoms with Crippen molar-refractivity contribution in [3.05, 3.63) is 0 Å². The molecule has 0 aliphatic carbocycles. The molecule has 0 aliphatic heterocycles. The van der Waals surface area contributed by atoms with Gasteiger partial charge in [-0.25, -0.2) is 0 Å². The van der Waals surface area contributed by atoms with E-state index in [4.69, 9.17) is 13.3 Å². The Morgan fingerprint density at radius 1 is 1.00 bits per heavy atom. The molecular formula is C11H29O3PS2Si. The fraction of sp³-hybridized carbons (Fsp3) is 1.00. The van der Waals surface area contributed by atoms with Gasteiger partial charge in [0, 0.05) is 0 Å². The zero-order valence-electron chi connectivity index (χ0n) is 12.3. The molecule has 0 aromatic carbocycles. The second-order valence-corrected chi connectivity index (χ2v) is 18.9. The van der Waals surface area contributed by atoms with Crippen molar-refractivity contribution in [1.29, 1.82) is 0 Å². The Hall–Kier alpha value is 1.23. The summed E-state index contributed by atoms with van der Waals surface area (Å²) in [6, 6.07) is 0.910. The Morgan fingerprint density at radius 3 is 1.78 bits per heavy atom. The quantitative estimate of drug-likeness (QED) is 0.268. The Balaban J connectivity index is 4.21. The molecule has 112 valence electrons. The van der Waals surface area contributed by atoms with Gasteiger partial charge in [-0.2, -0.15) is 0 Å². The standard InChI is InChI=1S/C11H29O3PS2Si/c1-6-12-18(13-7-2,14-8-3)11-9-10-17-15(4,5)16/h15-16H,6-11H2,1-5H3. The summed E-state index contributed by atoms with van der Waals surface area (Å²) in [5, 5.41) is 0. The minimum absolute atomic E-state index is 0.659. The average Bonchev–Trinajstić information content (AvgIpc) is 2.24. The monoisotopic (exact) mass is 332 g/mol. The molecular weight excluding hydrogens is 303 g/mol. The van der Waals surface area contributed by atoms with E-state index in [1.807, 2.05) is 32.2 Å². The Morgan fingerprint density at radius 2 is 1.44 bits per heavy atom. The van der Waals surface area contributed by atoms with E-state index in [1.54, 1.807) is 0 Å². The van der Waals surface area contributed by atoms with E-state index in [2.05, 4.69) is 25.6 Å². The predicted octanol–water partition coefficient (Wildman–Crippen LogP) is 3.93. The molecule has 18 heavy (non-hydrogen) atoms. The second-order valence-electron chi connectivity index (χ2n) is 4.38. The third-order valence-electron chi connectivity index (χ3n) is 2.18. The van der Waals surface area contributed by atoms with Crippen molar-refractivity contribution in [3.8, 4) is 0 Å². The molecule has 0 fully saturated rings. The molecule has 3 nitrogen and oxygen atoms in total. The number of hydrogen-bond acceptors (Lipinski definition) is 5. The Labute approximate surface area is 123 Å². The van der Waals surface area contributed by atoms with E-state index >= 15 is 0 Å². The van der Waals surface area contributed by atoms with Crippen LogP contribution < -0.4 is 0 Å². The third-order valence-corrected chi connectivity index (χ3v) is 10.4. The summed E-state index contributed by atoms with van der Waals surface area (Å²) in [7, 11) is -2.41. The Kier molecular flexibility index (Phi) is 10.7. The summed E-state index contributed by atoms with van der Waals surface area (Å²) < 4.78 is 17.5. The molecule has 0 bridgehead atoms. The minimum atomic E-state index is -2.41. The van der Waals surface area contributed by atoms with Crippen LogP contribution in [-0.4, -0.2) is 47.7 Å². The van der Waals surface area contributed by atoms with E-state index in [0.717, 1.165) is 18.2 Å². The third kappa shape index (κ3) is 9.18. The molecule has 0 amide bonds. The second kappa shape index (κ2) is 10.0. The van der Waals surface area contributed by atoms with Crippen molar-refractivity contribution < 1.29 is 13.3 Å². The van der Waals surface area contributed by atoms with Crippen LogP contribution in [0.2, 0.25) is 6.04 Å². The Bertz CT molecular complexity index is 198. The fourth-order valence-corrected chi connectivity index (χ4v) is 8.02. The first-order valence-electron chi connectivity index (χ1n) is 6.67. The molecule has 0 aliphatic rings. The molecule has 0 spiro atoms. The molecule has 0 heterocycles. The normalized spacial score (nSPS) is 13.9. The molecule has 0 unspecified atom stereocenters. The molecule has 0 saturated carbocycles. The summed E-state index contributed by atoms with van der Waals surface area (Å²) >= 11 is 6.63. The van der Waals surface area contributed by atoms with E-state index in [0.29, 0.717) is 19.8 Å². The summed E-state index contributed by atoms with van der Waals surface area (Å²) in [6.45, 7) is 12.5. The topological polar surface area (TPSA) is 27.7 Å². The molecule has 0 aromatic heterocycles. The van der Waals surface area contributed by atoms with Crippen LogP contribution in [0.4, 0.5) is 0 Å². The van der Waals surface area contributed by atoms with Crippen LogP contribution in [0, 0.1) is 0 Å². The van der Waals surface area contributed by atoms with Gasteiger partial charge >= 0.3 is 124 Å². The summed E-state index contributed by atoms with van der Waals surface area (Å²) in [6.07, 6.45) is 1.08. The van der Waals surface area contributed by atoms with Gasteiger partial charge < -0.3 is 0 Å². The van der Waals surface area contributed by atoms with E-state index in [-0.39, 0.29) is 0 Å². The number of rotatable bonds is 11. The molecule has 0 N–H and O–H groups in total. The summed E-state index contributed by atoms with van der Waals surface area (Å²) in [5.74, 6) is 1.12. The van der Waals surface area contributed by atoms with Crippen molar-refractivity contribution in [2.45, 2.75) is 33.2 Å². The number of hydrogen-bond donors (Lipinski definition) is 1. The molecule has 0 aromatic rings. The first kappa shape index (κ1) is 19.2. The van der Waals surface area contributed by atoms with Crippen LogP contribution in [0.5, 0.6) is 0 Å². The van der Waals surface area contributed by atoms with Gasteiger partial charge in [-0.1, -0.05) is 0 Å². The number of thiol groups is 1.